The number of hydrogen-bond acceptors (Lipinski definition) is 3. The van der Waals surface area contributed by atoms with Crippen LogP contribution in [0.1, 0.15) is 34.8 Å². The molecule has 2 aromatic rings. The zero-order chi connectivity index (χ0) is 24.1. The van der Waals surface area contributed by atoms with Crippen LogP contribution in [0.15, 0.2) is 24.4 Å². The van der Waals surface area contributed by atoms with E-state index < -0.39 is 33.6 Å². The molecule has 0 amide bonds. The highest BCUT2D eigenvalue weighted by Gasteiger charge is 2.73. The molecule has 1 heterocycles. The summed E-state index contributed by atoms with van der Waals surface area (Å²) in [5.41, 5.74) is -6.46. The predicted octanol–water partition coefficient (Wildman–Crippen LogP) is 8.98. The smallest absolute Gasteiger partial charge is 0.359 e. The van der Waals surface area contributed by atoms with E-state index in [0.717, 1.165) is 24.6 Å². The molecule has 2 N–H and O–H groups in total. The molecule has 1 aliphatic rings. The third-order valence-corrected chi connectivity index (χ3v) is 6.80. The van der Waals surface area contributed by atoms with E-state index in [0.29, 0.717) is 20.7 Å². The Morgan fingerprint density at radius 2 is 1.50 bits per heavy atom. The highest BCUT2D eigenvalue weighted by atomic mass is 35.5. The summed E-state index contributed by atoms with van der Waals surface area (Å²) in [5, 5.41) is 8.80. The predicted molar refractivity (Wildman–Crippen MR) is 113 cm³/mol. The van der Waals surface area contributed by atoms with Crippen LogP contribution in [-0.2, 0) is 5.67 Å². The second kappa shape index (κ2) is 8.70. The summed E-state index contributed by atoms with van der Waals surface area (Å²) in [6.45, 7) is 0. The lowest BCUT2D eigenvalue weighted by Gasteiger charge is -2.30. The molecule has 174 valence electrons. The van der Waals surface area contributed by atoms with Gasteiger partial charge >= 0.3 is 18.0 Å². The molecule has 32 heavy (non-hydrogen) atoms. The zero-order valence-corrected chi connectivity index (χ0v) is 18.7. The van der Waals surface area contributed by atoms with Crippen LogP contribution in [0.5, 0.6) is 0 Å². The van der Waals surface area contributed by atoms with E-state index >= 15 is 0 Å². The number of thiophene rings is 1. The second-order valence-electron chi connectivity index (χ2n) is 6.97. The summed E-state index contributed by atoms with van der Waals surface area (Å²) in [6, 6.07) is 2.23. The van der Waals surface area contributed by atoms with Crippen molar-refractivity contribution in [3.63, 3.8) is 0 Å². The first-order valence-corrected chi connectivity index (χ1v) is 10.7. The molecule has 2 nitrogen and oxygen atoms in total. The van der Waals surface area contributed by atoms with Gasteiger partial charge in [-0.25, -0.2) is 4.39 Å². The molecular weight excluding hydrogens is 528 g/mol. The Balaban J connectivity index is 1.96. The fourth-order valence-electron chi connectivity index (χ4n) is 2.93. The molecule has 0 aliphatic heterocycles. The number of alkyl halides is 7. The maximum absolute atomic E-state index is 14.3. The van der Waals surface area contributed by atoms with Gasteiger partial charge in [0.25, 0.3) is 0 Å². The van der Waals surface area contributed by atoms with Crippen LogP contribution in [0.25, 0.3) is 5.57 Å². The van der Waals surface area contributed by atoms with E-state index in [1.54, 1.807) is 6.07 Å². The summed E-state index contributed by atoms with van der Waals surface area (Å²) < 4.78 is 92.8. The lowest BCUT2D eigenvalue weighted by molar-refractivity contribution is -0.348. The van der Waals surface area contributed by atoms with Gasteiger partial charge in [0, 0.05) is 28.4 Å². The molecule has 3 rings (SSSR count). The van der Waals surface area contributed by atoms with Crippen molar-refractivity contribution in [1.82, 2.24) is 0 Å². The summed E-state index contributed by atoms with van der Waals surface area (Å²) >= 11 is 19.1. The van der Waals surface area contributed by atoms with Crippen LogP contribution in [0.3, 0.4) is 0 Å². The van der Waals surface area contributed by atoms with Crippen molar-refractivity contribution < 1.29 is 30.7 Å². The number of halogens is 10. The molecule has 1 saturated carbocycles. The van der Waals surface area contributed by atoms with Crippen LogP contribution in [-0.4, -0.2) is 18.6 Å². The van der Waals surface area contributed by atoms with Crippen LogP contribution >= 0.6 is 46.1 Å². The van der Waals surface area contributed by atoms with Gasteiger partial charge in [0.15, 0.2) is 0 Å². The van der Waals surface area contributed by atoms with Gasteiger partial charge < -0.3 is 10.7 Å². The van der Waals surface area contributed by atoms with Crippen LogP contribution < -0.4 is 5.32 Å². The first-order valence-electron chi connectivity index (χ1n) is 8.79. The summed E-state index contributed by atoms with van der Waals surface area (Å²) in [4.78, 5) is 0.611. The van der Waals surface area contributed by atoms with E-state index in [4.69, 9.17) is 40.2 Å². The molecule has 0 bridgehead atoms. The maximum atomic E-state index is 14.3. The average molecular weight is 540 g/mol. The first kappa shape index (κ1) is 25.1. The topological polar surface area (TPSA) is 35.9 Å². The molecular formula is C19H12Cl3F7N2S. The molecule has 13 heteroatoms. The fraction of sp³-hybridized carbons (Fsp3) is 0.316. The first-order chi connectivity index (χ1) is 14.7. The second-order valence-corrected chi connectivity index (χ2v) is 9.44. The Morgan fingerprint density at radius 1 is 0.969 bits per heavy atom. The van der Waals surface area contributed by atoms with Crippen molar-refractivity contribution in [2.45, 2.75) is 36.8 Å². The third kappa shape index (κ3) is 4.60. The lowest BCUT2D eigenvalue weighted by atomic mass is 9.94. The van der Waals surface area contributed by atoms with E-state index in [9.17, 15) is 30.7 Å². The van der Waals surface area contributed by atoms with Gasteiger partial charge in [-0.15, -0.1) is 11.3 Å². The number of nitrogens with one attached hydrogen (secondary N) is 2. The SMILES string of the molecule is N=C/C(=C\Nc1c(Cl)cc(C(F)(C(F)(F)F)C(F)(F)F)cc1Cl)c1cc(C2CC2)c(Cl)s1. The van der Waals surface area contributed by atoms with Crippen LogP contribution in [0.4, 0.5) is 36.4 Å². The van der Waals surface area contributed by atoms with Gasteiger partial charge in [0.2, 0.25) is 0 Å². The maximum Gasteiger partial charge on any atom is 0.435 e. The Labute approximate surface area is 196 Å². The van der Waals surface area contributed by atoms with Crippen molar-refractivity contribution in [3.05, 3.63) is 54.8 Å². The van der Waals surface area contributed by atoms with Crippen molar-refractivity contribution >= 4 is 63.6 Å². The van der Waals surface area contributed by atoms with Crippen molar-refractivity contribution in [3.8, 4) is 0 Å². The van der Waals surface area contributed by atoms with Gasteiger partial charge in [0.1, 0.15) is 0 Å². The van der Waals surface area contributed by atoms with Gasteiger partial charge in [-0.3, -0.25) is 0 Å². The standard InChI is InChI=1S/C19H12Cl3F7N2S/c20-12-3-10(17(23,18(24,25)26)19(27,28)29)4-13(21)15(12)31-7-9(6-30)14-5-11(8-1-2-8)16(22)32-14/h3-8,30-31H,1-2H2/b9-7+,30-6?. The molecule has 1 fully saturated rings. The molecule has 1 aromatic carbocycles. The monoisotopic (exact) mass is 538 g/mol. The molecule has 1 aliphatic carbocycles. The number of allylic oxidation sites excluding steroid dienone is 1. The van der Waals surface area contributed by atoms with E-state index in [1.165, 1.54) is 17.5 Å². The fourth-order valence-corrected chi connectivity index (χ4v) is 4.94. The Hall–Kier alpha value is -1.49. The average Bonchev–Trinajstić information content (AvgIpc) is 3.43. The highest BCUT2D eigenvalue weighted by Crippen LogP contribution is 2.54. The minimum Gasteiger partial charge on any atom is -0.359 e. The van der Waals surface area contributed by atoms with Crippen LogP contribution in [0, 0.1) is 5.41 Å². The van der Waals surface area contributed by atoms with E-state index in [-0.39, 0.29) is 17.8 Å². The Kier molecular flexibility index (Phi) is 6.83. The Morgan fingerprint density at radius 3 is 1.94 bits per heavy atom. The lowest BCUT2D eigenvalue weighted by Crippen LogP contribution is -2.50. The summed E-state index contributed by atoms with van der Waals surface area (Å²) in [7, 11) is 0. The van der Waals surface area contributed by atoms with Crippen molar-refractivity contribution in [2.75, 3.05) is 5.32 Å². The quantitative estimate of drug-likeness (QED) is 0.279. The van der Waals surface area contributed by atoms with E-state index in [2.05, 4.69) is 5.32 Å². The summed E-state index contributed by atoms with van der Waals surface area (Å²) in [6.07, 6.45) is -8.37. The highest BCUT2D eigenvalue weighted by molar-refractivity contribution is 7.17. The number of rotatable bonds is 6. The molecule has 0 atom stereocenters. The third-order valence-electron chi connectivity index (χ3n) is 4.76. The molecule has 0 spiro atoms. The van der Waals surface area contributed by atoms with Gasteiger partial charge in [-0.2, -0.15) is 26.3 Å². The molecule has 0 saturated heterocycles. The van der Waals surface area contributed by atoms with Gasteiger partial charge in [-0.05, 0) is 42.5 Å². The van der Waals surface area contributed by atoms with E-state index in [1.807, 2.05) is 0 Å². The number of benzene rings is 1. The Bertz CT molecular complexity index is 1030. The van der Waals surface area contributed by atoms with Gasteiger partial charge in [-0.1, -0.05) is 34.8 Å². The van der Waals surface area contributed by atoms with Crippen LogP contribution in [0.2, 0.25) is 14.4 Å². The number of hydrogen-bond donors (Lipinski definition) is 2. The normalized spacial score (nSPS) is 15.8. The largest absolute Gasteiger partial charge is 0.435 e. The summed E-state index contributed by atoms with van der Waals surface area (Å²) in [5.74, 6) is 0.354. The molecule has 1 aromatic heterocycles. The molecule has 0 radical (unpaired) electrons. The minimum absolute atomic E-state index is 0.210. The van der Waals surface area contributed by atoms with Crippen molar-refractivity contribution in [2.24, 2.45) is 0 Å². The molecule has 0 unspecified atom stereocenters. The van der Waals surface area contributed by atoms with Gasteiger partial charge in [0.05, 0.1) is 20.1 Å². The number of anilines is 1. The minimum atomic E-state index is -6.29. The van der Waals surface area contributed by atoms with Crippen molar-refractivity contribution in [1.29, 1.82) is 5.41 Å². The zero-order valence-electron chi connectivity index (χ0n) is 15.6.